The minimum Gasteiger partial charge on any atom is -0.344 e. The third-order valence-corrected chi connectivity index (χ3v) is 3.49. The summed E-state index contributed by atoms with van der Waals surface area (Å²) >= 11 is 0. The van der Waals surface area contributed by atoms with Crippen molar-refractivity contribution in [1.82, 2.24) is 10.8 Å². The molecule has 3 amide bonds. The van der Waals surface area contributed by atoms with Crippen LogP contribution < -0.4 is 16.1 Å². The molecule has 0 saturated heterocycles. The maximum Gasteiger partial charge on any atom is 0.274 e. The lowest BCUT2D eigenvalue weighted by atomic mass is 10.0. The molecule has 2 aromatic rings. The average Bonchev–Trinajstić information content (AvgIpc) is 2.61. The Morgan fingerprint density at radius 1 is 1.00 bits per heavy atom. The number of hydrogen-bond acceptors (Lipinski definition) is 4. The quantitative estimate of drug-likeness (QED) is 0.472. The van der Waals surface area contributed by atoms with Crippen molar-refractivity contribution in [2.45, 2.75) is 19.4 Å². The molecular formula is C18H19N3O4. The Morgan fingerprint density at radius 2 is 1.64 bits per heavy atom. The highest BCUT2D eigenvalue weighted by atomic mass is 16.5. The van der Waals surface area contributed by atoms with E-state index < -0.39 is 11.9 Å². The summed E-state index contributed by atoms with van der Waals surface area (Å²) in [5.74, 6) is -1.30. The number of hydroxylamine groups is 1. The molecule has 0 fully saturated rings. The van der Waals surface area contributed by atoms with E-state index in [1.54, 1.807) is 0 Å². The van der Waals surface area contributed by atoms with Crippen LogP contribution in [0.5, 0.6) is 0 Å². The van der Waals surface area contributed by atoms with Crippen LogP contribution in [-0.4, -0.2) is 29.0 Å². The second-order valence-corrected chi connectivity index (χ2v) is 5.45. The molecule has 130 valence electrons. The lowest BCUT2D eigenvalue weighted by Gasteiger charge is -2.18. The molecule has 7 nitrogen and oxygen atoms in total. The molecule has 0 unspecified atom stereocenters. The first kappa shape index (κ1) is 18.2. The normalized spacial score (nSPS) is 11.3. The predicted octanol–water partition coefficient (Wildman–Crippen LogP) is 1.49. The Kier molecular flexibility index (Phi) is 6.25. The van der Waals surface area contributed by atoms with Gasteiger partial charge in [0.1, 0.15) is 6.04 Å². The largest absolute Gasteiger partial charge is 0.344 e. The zero-order valence-electron chi connectivity index (χ0n) is 13.7. The number of carbonyl (C=O) groups excluding carboxylic acids is 3. The molecule has 0 radical (unpaired) electrons. The van der Waals surface area contributed by atoms with E-state index in [4.69, 9.17) is 5.21 Å². The number of benzene rings is 2. The summed E-state index contributed by atoms with van der Waals surface area (Å²) in [6.07, 6.45) is 0.358. The van der Waals surface area contributed by atoms with Crippen LogP contribution in [0.3, 0.4) is 0 Å². The van der Waals surface area contributed by atoms with Crippen LogP contribution in [0.2, 0.25) is 0 Å². The van der Waals surface area contributed by atoms with Crippen molar-refractivity contribution >= 4 is 23.4 Å². The zero-order chi connectivity index (χ0) is 18.2. The van der Waals surface area contributed by atoms with Crippen molar-refractivity contribution in [3.05, 3.63) is 65.7 Å². The van der Waals surface area contributed by atoms with Crippen LogP contribution in [0.1, 0.15) is 22.8 Å². The van der Waals surface area contributed by atoms with E-state index in [1.807, 2.05) is 30.3 Å². The van der Waals surface area contributed by atoms with Crippen LogP contribution in [0.25, 0.3) is 0 Å². The smallest absolute Gasteiger partial charge is 0.274 e. The van der Waals surface area contributed by atoms with Gasteiger partial charge >= 0.3 is 0 Å². The number of anilines is 1. The summed E-state index contributed by atoms with van der Waals surface area (Å²) in [7, 11) is 0. The van der Waals surface area contributed by atoms with Crippen molar-refractivity contribution in [2.24, 2.45) is 0 Å². The molecule has 0 aromatic heterocycles. The molecule has 4 N–H and O–H groups in total. The summed E-state index contributed by atoms with van der Waals surface area (Å²) in [5, 5.41) is 13.9. The molecule has 0 heterocycles. The van der Waals surface area contributed by atoms with E-state index in [2.05, 4.69) is 10.6 Å². The maximum atomic E-state index is 12.5. The van der Waals surface area contributed by atoms with E-state index in [0.717, 1.165) is 5.56 Å². The van der Waals surface area contributed by atoms with Crippen molar-refractivity contribution in [1.29, 1.82) is 0 Å². The van der Waals surface area contributed by atoms with E-state index in [9.17, 15) is 14.4 Å². The Hall–Kier alpha value is -3.19. The summed E-state index contributed by atoms with van der Waals surface area (Å²) in [5.41, 5.74) is 3.19. The Labute approximate surface area is 145 Å². The summed E-state index contributed by atoms with van der Waals surface area (Å²) < 4.78 is 0. The van der Waals surface area contributed by atoms with Gasteiger partial charge in [0.25, 0.3) is 5.91 Å². The van der Waals surface area contributed by atoms with Crippen LogP contribution in [-0.2, 0) is 16.0 Å². The Morgan fingerprint density at radius 3 is 2.20 bits per heavy atom. The van der Waals surface area contributed by atoms with Gasteiger partial charge in [-0.25, -0.2) is 5.48 Å². The Balaban J connectivity index is 2.08. The maximum absolute atomic E-state index is 12.5. The van der Waals surface area contributed by atoms with Gasteiger partial charge in [0.15, 0.2) is 0 Å². The number of rotatable bonds is 6. The van der Waals surface area contributed by atoms with E-state index >= 15 is 0 Å². The van der Waals surface area contributed by atoms with Gasteiger partial charge in [0, 0.05) is 24.6 Å². The van der Waals surface area contributed by atoms with Crippen LogP contribution >= 0.6 is 0 Å². The van der Waals surface area contributed by atoms with Gasteiger partial charge in [0.2, 0.25) is 11.8 Å². The molecule has 2 aromatic carbocycles. The molecule has 0 aliphatic carbocycles. The van der Waals surface area contributed by atoms with Crippen molar-refractivity contribution in [2.75, 3.05) is 5.32 Å². The highest BCUT2D eigenvalue weighted by molar-refractivity contribution is 5.98. The highest BCUT2D eigenvalue weighted by Crippen LogP contribution is 2.11. The molecule has 2 rings (SSSR count). The SMILES string of the molecule is CC(=O)N[C@@H](Cc1ccccc1)C(=O)Nc1ccc(C(=O)NO)cc1. The number of hydrogen-bond donors (Lipinski definition) is 4. The second kappa shape index (κ2) is 8.60. The van der Waals surface area contributed by atoms with Gasteiger partial charge in [0.05, 0.1) is 0 Å². The molecule has 0 aliphatic heterocycles. The van der Waals surface area contributed by atoms with E-state index in [1.165, 1.54) is 36.7 Å². The lowest BCUT2D eigenvalue weighted by Crippen LogP contribution is -2.44. The van der Waals surface area contributed by atoms with Crippen LogP contribution in [0, 0.1) is 0 Å². The van der Waals surface area contributed by atoms with Gasteiger partial charge in [-0.3, -0.25) is 19.6 Å². The third kappa shape index (κ3) is 5.43. The van der Waals surface area contributed by atoms with Gasteiger partial charge < -0.3 is 10.6 Å². The molecule has 0 saturated carbocycles. The summed E-state index contributed by atoms with van der Waals surface area (Å²) in [6, 6.07) is 14.6. The molecule has 7 heteroatoms. The standard InChI is InChI=1S/C18H19N3O4/c1-12(22)19-16(11-13-5-3-2-4-6-13)18(24)20-15-9-7-14(8-10-15)17(23)21-25/h2-10,16,25H,11H2,1H3,(H,19,22)(H,20,24)(H,21,23)/t16-/m0/s1. The number of carbonyl (C=O) groups is 3. The number of amides is 3. The molecule has 0 aliphatic rings. The van der Waals surface area contributed by atoms with Gasteiger partial charge in [-0.2, -0.15) is 0 Å². The molecular weight excluding hydrogens is 322 g/mol. The minimum atomic E-state index is -0.722. The summed E-state index contributed by atoms with van der Waals surface area (Å²) in [6.45, 7) is 1.35. The van der Waals surface area contributed by atoms with Crippen molar-refractivity contribution in [3.8, 4) is 0 Å². The monoisotopic (exact) mass is 341 g/mol. The zero-order valence-corrected chi connectivity index (χ0v) is 13.7. The number of nitrogens with one attached hydrogen (secondary N) is 3. The lowest BCUT2D eigenvalue weighted by molar-refractivity contribution is -0.125. The van der Waals surface area contributed by atoms with Crippen LogP contribution in [0.4, 0.5) is 5.69 Å². The van der Waals surface area contributed by atoms with E-state index in [0.29, 0.717) is 12.1 Å². The minimum absolute atomic E-state index is 0.253. The first-order valence-electron chi connectivity index (χ1n) is 7.66. The molecule has 0 bridgehead atoms. The topological polar surface area (TPSA) is 108 Å². The van der Waals surface area contributed by atoms with Gasteiger partial charge in [-0.15, -0.1) is 0 Å². The third-order valence-electron chi connectivity index (χ3n) is 3.49. The first-order valence-corrected chi connectivity index (χ1v) is 7.66. The second-order valence-electron chi connectivity index (χ2n) is 5.45. The summed E-state index contributed by atoms with van der Waals surface area (Å²) in [4.78, 5) is 35.2. The molecule has 25 heavy (non-hydrogen) atoms. The van der Waals surface area contributed by atoms with Crippen LogP contribution in [0.15, 0.2) is 54.6 Å². The first-order chi connectivity index (χ1) is 12.0. The van der Waals surface area contributed by atoms with E-state index in [-0.39, 0.29) is 17.4 Å². The molecule has 1 atom stereocenters. The van der Waals surface area contributed by atoms with Crippen molar-refractivity contribution < 1.29 is 19.6 Å². The Bertz CT molecular complexity index is 745. The fourth-order valence-electron chi connectivity index (χ4n) is 2.30. The molecule has 0 spiro atoms. The average molecular weight is 341 g/mol. The highest BCUT2D eigenvalue weighted by Gasteiger charge is 2.20. The fraction of sp³-hybridized carbons (Fsp3) is 0.167. The fourth-order valence-corrected chi connectivity index (χ4v) is 2.30. The van der Waals surface area contributed by atoms with Crippen molar-refractivity contribution in [3.63, 3.8) is 0 Å². The van der Waals surface area contributed by atoms with Gasteiger partial charge in [-0.05, 0) is 29.8 Å². The van der Waals surface area contributed by atoms with Gasteiger partial charge in [-0.1, -0.05) is 30.3 Å². The predicted molar refractivity (Wildman–Crippen MR) is 92.1 cm³/mol.